The standard InChI is InChI=1S/C23H28N6O4S/c1-14-19(20(24)30)34-23(26-14)22-27-17-15(21-25-6-8-29(21)22)4-5-16(18(17)31-2)33-11-3-7-28-9-12-32-13-10-28/h4-5H,3,6-13H2,1-2H3,(H2,24,30). The lowest BCUT2D eigenvalue weighted by molar-refractivity contribution is 0.0357. The Balaban J connectivity index is 1.42. The molecule has 180 valence electrons. The van der Waals surface area contributed by atoms with E-state index in [4.69, 9.17) is 29.9 Å². The van der Waals surface area contributed by atoms with E-state index in [9.17, 15) is 4.79 Å². The quantitative estimate of drug-likeness (QED) is 0.568. The number of nitrogens with zero attached hydrogens (tertiary/aromatic N) is 5. The predicted molar refractivity (Wildman–Crippen MR) is 130 cm³/mol. The maximum atomic E-state index is 11.8. The van der Waals surface area contributed by atoms with E-state index in [1.165, 1.54) is 11.3 Å². The molecule has 11 heteroatoms. The molecule has 2 aromatic rings. The number of morpholine rings is 1. The van der Waals surface area contributed by atoms with Gasteiger partial charge in [-0.2, -0.15) is 0 Å². The third-order valence-electron chi connectivity index (χ3n) is 6.05. The molecule has 1 aromatic carbocycles. The number of aromatic nitrogens is 1. The van der Waals surface area contributed by atoms with Crippen molar-refractivity contribution >= 4 is 34.6 Å². The first-order valence-corrected chi connectivity index (χ1v) is 12.2. The van der Waals surface area contributed by atoms with Crippen LogP contribution in [-0.4, -0.2) is 92.0 Å². The number of benzene rings is 1. The highest BCUT2D eigenvalue weighted by Gasteiger charge is 2.34. The largest absolute Gasteiger partial charge is 0.491 e. The smallest absolute Gasteiger partial charge is 0.260 e. The Morgan fingerprint density at radius 3 is 2.79 bits per heavy atom. The molecule has 0 spiro atoms. The zero-order valence-corrected chi connectivity index (χ0v) is 20.2. The number of aliphatic imine (C=N–C) groups is 2. The summed E-state index contributed by atoms with van der Waals surface area (Å²) < 4.78 is 17.3. The van der Waals surface area contributed by atoms with Crippen LogP contribution < -0.4 is 15.2 Å². The van der Waals surface area contributed by atoms with Gasteiger partial charge in [0.15, 0.2) is 22.3 Å². The number of carbonyl (C=O) groups is 1. The summed E-state index contributed by atoms with van der Waals surface area (Å²) in [5, 5.41) is 0.630. The summed E-state index contributed by atoms with van der Waals surface area (Å²) in [6.07, 6.45) is 0.906. The molecule has 10 nitrogen and oxygen atoms in total. The summed E-state index contributed by atoms with van der Waals surface area (Å²) in [4.78, 5) is 30.9. The van der Waals surface area contributed by atoms with E-state index < -0.39 is 5.91 Å². The number of aryl methyl sites for hydroxylation is 1. The van der Waals surface area contributed by atoms with E-state index in [2.05, 4.69) is 9.88 Å². The van der Waals surface area contributed by atoms with Crippen molar-refractivity contribution in [2.75, 3.05) is 59.7 Å². The van der Waals surface area contributed by atoms with Crippen LogP contribution >= 0.6 is 11.3 Å². The molecule has 0 atom stereocenters. The minimum Gasteiger partial charge on any atom is -0.491 e. The molecule has 0 aliphatic carbocycles. The maximum absolute atomic E-state index is 11.8. The van der Waals surface area contributed by atoms with E-state index >= 15 is 0 Å². The monoisotopic (exact) mass is 484 g/mol. The van der Waals surface area contributed by atoms with Crippen molar-refractivity contribution in [1.29, 1.82) is 0 Å². The van der Waals surface area contributed by atoms with Gasteiger partial charge in [-0.05, 0) is 25.5 Å². The Kier molecular flexibility index (Phi) is 6.48. The predicted octanol–water partition coefficient (Wildman–Crippen LogP) is 1.81. The number of amidine groups is 2. The van der Waals surface area contributed by atoms with Gasteiger partial charge in [0.05, 0.1) is 39.2 Å². The van der Waals surface area contributed by atoms with E-state index in [0.29, 0.717) is 58.3 Å². The van der Waals surface area contributed by atoms with Crippen LogP contribution in [0.5, 0.6) is 11.5 Å². The zero-order valence-electron chi connectivity index (χ0n) is 19.4. The van der Waals surface area contributed by atoms with Crippen LogP contribution in [0.4, 0.5) is 5.69 Å². The summed E-state index contributed by atoms with van der Waals surface area (Å²) in [5.41, 5.74) is 7.67. The normalized spacial score (nSPS) is 17.6. The average molecular weight is 485 g/mol. The van der Waals surface area contributed by atoms with Crippen molar-refractivity contribution in [3.8, 4) is 11.5 Å². The van der Waals surface area contributed by atoms with Crippen molar-refractivity contribution in [3.05, 3.63) is 33.3 Å². The lowest BCUT2D eigenvalue weighted by atomic mass is 10.1. The van der Waals surface area contributed by atoms with Gasteiger partial charge >= 0.3 is 0 Å². The van der Waals surface area contributed by atoms with Gasteiger partial charge in [0, 0.05) is 31.7 Å². The summed E-state index contributed by atoms with van der Waals surface area (Å²) in [7, 11) is 1.62. The first-order chi connectivity index (χ1) is 16.6. The Hall–Kier alpha value is -3.02. The van der Waals surface area contributed by atoms with Crippen LogP contribution in [0.3, 0.4) is 0 Å². The molecule has 1 saturated heterocycles. The van der Waals surface area contributed by atoms with Gasteiger partial charge in [-0.3, -0.25) is 14.7 Å². The van der Waals surface area contributed by atoms with Gasteiger partial charge in [-0.25, -0.2) is 9.98 Å². The molecule has 1 amide bonds. The highest BCUT2D eigenvalue weighted by molar-refractivity contribution is 7.15. The minimum atomic E-state index is -0.487. The molecule has 0 radical (unpaired) electrons. The first-order valence-electron chi connectivity index (χ1n) is 11.4. The molecule has 3 aliphatic heterocycles. The number of nitrogens with two attached hydrogens (primary N) is 1. The molecular formula is C23H28N6O4S. The molecular weight excluding hydrogens is 456 g/mol. The summed E-state index contributed by atoms with van der Waals surface area (Å²) in [5.74, 6) is 2.20. The fourth-order valence-electron chi connectivity index (χ4n) is 4.38. The van der Waals surface area contributed by atoms with Crippen LogP contribution in [0.2, 0.25) is 0 Å². The van der Waals surface area contributed by atoms with Gasteiger partial charge in [0.25, 0.3) is 5.91 Å². The Bertz CT molecular complexity index is 1150. The van der Waals surface area contributed by atoms with Crippen LogP contribution in [0.1, 0.15) is 32.4 Å². The van der Waals surface area contributed by atoms with Gasteiger partial charge in [-0.15, -0.1) is 11.3 Å². The molecule has 2 N–H and O–H groups in total. The molecule has 0 unspecified atom stereocenters. The van der Waals surface area contributed by atoms with Gasteiger partial charge in [-0.1, -0.05) is 0 Å². The van der Waals surface area contributed by atoms with Crippen molar-refractivity contribution in [3.63, 3.8) is 0 Å². The minimum absolute atomic E-state index is 0.436. The van der Waals surface area contributed by atoms with Crippen LogP contribution in [0.25, 0.3) is 0 Å². The van der Waals surface area contributed by atoms with Crippen LogP contribution in [0.15, 0.2) is 22.1 Å². The van der Waals surface area contributed by atoms with Crippen molar-refractivity contribution in [2.45, 2.75) is 13.3 Å². The number of thiazole rings is 1. The number of ether oxygens (including phenoxy) is 3. The average Bonchev–Trinajstić information content (AvgIpc) is 3.49. The number of hydrogen-bond donors (Lipinski definition) is 1. The number of fused-ring (bicyclic) bond motifs is 3. The molecule has 1 fully saturated rings. The Morgan fingerprint density at radius 1 is 1.24 bits per heavy atom. The number of rotatable bonds is 8. The molecule has 34 heavy (non-hydrogen) atoms. The second kappa shape index (κ2) is 9.69. The van der Waals surface area contributed by atoms with Crippen molar-refractivity contribution in [2.24, 2.45) is 15.7 Å². The molecule has 5 rings (SSSR count). The van der Waals surface area contributed by atoms with Crippen LogP contribution in [0, 0.1) is 6.92 Å². The molecule has 4 heterocycles. The lowest BCUT2D eigenvalue weighted by Gasteiger charge is -2.28. The fourth-order valence-corrected chi connectivity index (χ4v) is 5.30. The van der Waals surface area contributed by atoms with Gasteiger partial charge < -0.3 is 24.8 Å². The SMILES string of the molecule is COc1c(OCCCN2CCOCC2)ccc2c1N=C(c1nc(C)c(C(N)=O)s1)N1CCN=C21. The number of methoxy groups -OCH3 is 1. The molecule has 1 aromatic heterocycles. The maximum Gasteiger partial charge on any atom is 0.260 e. The Labute approximate surface area is 202 Å². The van der Waals surface area contributed by atoms with E-state index in [0.717, 1.165) is 50.7 Å². The third kappa shape index (κ3) is 4.26. The summed E-state index contributed by atoms with van der Waals surface area (Å²) in [6, 6.07) is 3.90. The zero-order chi connectivity index (χ0) is 23.7. The highest BCUT2D eigenvalue weighted by atomic mass is 32.1. The van der Waals surface area contributed by atoms with Gasteiger partial charge in [0.2, 0.25) is 0 Å². The first kappa shape index (κ1) is 22.8. The number of primary amides is 1. The van der Waals surface area contributed by atoms with Crippen molar-refractivity contribution in [1.82, 2.24) is 14.8 Å². The number of hydrogen-bond acceptors (Lipinski definition) is 10. The van der Waals surface area contributed by atoms with Gasteiger partial charge in [0.1, 0.15) is 16.4 Å². The lowest BCUT2D eigenvalue weighted by Crippen LogP contribution is -2.37. The molecule has 0 saturated carbocycles. The highest BCUT2D eigenvalue weighted by Crippen LogP contribution is 2.44. The summed E-state index contributed by atoms with van der Waals surface area (Å²) in [6.45, 7) is 8.18. The topological polar surface area (TPSA) is 115 Å². The molecule has 0 bridgehead atoms. The number of carbonyl (C=O) groups excluding carboxylic acids is 1. The number of amides is 1. The van der Waals surface area contributed by atoms with E-state index in [1.807, 2.05) is 17.0 Å². The second-order valence-corrected chi connectivity index (χ2v) is 9.24. The summed E-state index contributed by atoms with van der Waals surface area (Å²) >= 11 is 1.25. The molecule has 3 aliphatic rings. The van der Waals surface area contributed by atoms with Crippen LogP contribution in [-0.2, 0) is 4.74 Å². The van der Waals surface area contributed by atoms with E-state index in [1.54, 1.807) is 14.0 Å². The van der Waals surface area contributed by atoms with Crippen molar-refractivity contribution < 1.29 is 19.0 Å². The Morgan fingerprint density at radius 2 is 2.06 bits per heavy atom. The third-order valence-corrected chi connectivity index (χ3v) is 7.21. The second-order valence-electron chi connectivity index (χ2n) is 8.24. The van der Waals surface area contributed by atoms with E-state index in [-0.39, 0.29) is 0 Å². The fraction of sp³-hybridized carbons (Fsp3) is 0.478.